The van der Waals surface area contributed by atoms with Crippen molar-refractivity contribution in [2.45, 2.75) is 24.6 Å². The van der Waals surface area contributed by atoms with Gasteiger partial charge in [0.05, 0.1) is 6.04 Å². The molecule has 5 heteroatoms. The van der Waals surface area contributed by atoms with E-state index in [1.807, 2.05) is 42.6 Å². The smallest absolute Gasteiger partial charge is 0.221 e. The zero-order chi connectivity index (χ0) is 12.8. The Bertz CT molecular complexity index is 380. The van der Waals surface area contributed by atoms with Crippen LogP contribution in [0.2, 0.25) is 0 Å². The topological polar surface area (TPSA) is 42.0 Å². The fraction of sp³-hybridized carbons (Fsp3) is 0.538. The second-order valence-corrected chi connectivity index (χ2v) is 6.90. The number of amides is 1. The van der Waals surface area contributed by atoms with E-state index in [1.54, 1.807) is 12.4 Å². The van der Waals surface area contributed by atoms with Crippen LogP contribution in [0.25, 0.3) is 0 Å². The molecule has 0 aliphatic carbocycles. The highest BCUT2D eigenvalue weighted by Crippen LogP contribution is 2.26. The summed E-state index contributed by atoms with van der Waals surface area (Å²) in [7, 11) is 0. The summed E-state index contributed by atoms with van der Waals surface area (Å²) in [5.74, 6) is 3.64. The van der Waals surface area contributed by atoms with Crippen molar-refractivity contribution in [1.82, 2.24) is 10.3 Å². The van der Waals surface area contributed by atoms with Crippen LogP contribution in [0, 0.1) is 0 Å². The van der Waals surface area contributed by atoms with Crippen molar-refractivity contribution in [3.05, 3.63) is 30.1 Å². The highest BCUT2D eigenvalue weighted by molar-refractivity contribution is 8.06. The first kappa shape index (κ1) is 13.7. The zero-order valence-corrected chi connectivity index (χ0v) is 12.1. The van der Waals surface area contributed by atoms with Gasteiger partial charge in [0.25, 0.3) is 0 Å². The van der Waals surface area contributed by atoms with Gasteiger partial charge in [-0.3, -0.25) is 9.78 Å². The summed E-state index contributed by atoms with van der Waals surface area (Å²) in [6.07, 6.45) is 4.14. The summed E-state index contributed by atoms with van der Waals surface area (Å²) < 4.78 is 0. The van der Waals surface area contributed by atoms with Gasteiger partial charge < -0.3 is 5.32 Å². The minimum absolute atomic E-state index is 0.0572. The molecule has 2 rings (SSSR count). The third-order valence-corrected chi connectivity index (χ3v) is 5.73. The molecule has 3 nitrogen and oxygen atoms in total. The monoisotopic (exact) mass is 282 g/mol. The molecule has 1 saturated heterocycles. The van der Waals surface area contributed by atoms with Gasteiger partial charge in [0, 0.05) is 41.3 Å². The first-order valence-electron chi connectivity index (χ1n) is 6.14. The van der Waals surface area contributed by atoms with E-state index in [0.717, 1.165) is 11.3 Å². The molecule has 0 aromatic carbocycles. The van der Waals surface area contributed by atoms with Gasteiger partial charge in [-0.05, 0) is 24.6 Å². The second kappa shape index (κ2) is 7.04. The fourth-order valence-electron chi connectivity index (χ4n) is 1.90. The Morgan fingerprint density at radius 1 is 1.50 bits per heavy atom. The van der Waals surface area contributed by atoms with E-state index in [1.165, 1.54) is 11.5 Å². The van der Waals surface area contributed by atoms with E-state index in [4.69, 9.17) is 0 Å². The largest absolute Gasteiger partial charge is 0.350 e. The maximum absolute atomic E-state index is 11.9. The normalized spacial score (nSPS) is 21.3. The summed E-state index contributed by atoms with van der Waals surface area (Å²) in [4.78, 5) is 15.9. The molecule has 0 saturated carbocycles. The minimum atomic E-state index is 0.0572. The summed E-state index contributed by atoms with van der Waals surface area (Å²) in [6.45, 7) is 2.01. The van der Waals surface area contributed by atoms with Crippen LogP contribution in [0.1, 0.15) is 24.9 Å². The lowest BCUT2D eigenvalue weighted by atomic mass is 10.1. The van der Waals surface area contributed by atoms with E-state index in [2.05, 4.69) is 10.3 Å². The van der Waals surface area contributed by atoms with Crippen molar-refractivity contribution in [1.29, 1.82) is 0 Å². The summed E-state index contributed by atoms with van der Waals surface area (Å²) in [6, 6.07) is 3.94. The number of hydrogen-bond donors (Lipinski definition) is 1. The van der Waals surface area contributed by atoms with Crippen LogP contribution in [-0.4, -0.2) is 33.4 Å². The lowest BCUT2D eigenvalue weighted by Gasteiger charge is -2.21. The minimum Gasteiger partial charge on any atom is -0.350 e. The molecule has 0 radical (unpaired) electrons. The second-order valence-electron chi connectivity index (χ2n) is 4.34. The Balaban J connectivity index is 1.80. The van der Waals surface area contributed by atoms with Crippen molar-refractivity contribution in [2.24, 2.45) is 0 Å². The maximum Gasteiger partial charge on any atom is 0.221 e. The Labute approximate surface area is 117 Å². The predicted molar refractivity (Wildman–Crippen MR) is 79.0 cm³/mol. The van der Waals surface area contributed by atoms with Crippen LogP contribution in [0.15, 0.2) is 24.5 Å². The molecule has 0 unspecified atom stereocenters. The molecule has 1 amide bonds. The SMILES string of the molecule is C[C@@H](NC(=O)C[C@H]1CSCCS1)c1ccncc1. The first-order valence-corrected chi connectivity index (χ1v) is 8.34. The first-order chi connectivity index (χ1) is 8.75. The van der Waals surface area contributed by atoms with Gasteiger partial charge in [-0.1, -0.05) is 0 Å². The molecular formula is C13H18N2OS2. The van der Waals surface area contributed by atoms with Crippen LogP contribution in [0.3, 0.4) is 0 Å². The molecule has 1 aromatic rings. The number of hydrogen-bond acceptors (Lipinski definition) is 4. The average molecular weight is 282 g/mol. The summed E-state index contributed by atoms with van der Waals surface area (Å²) >= 11 is 3.87. The number of aromatic nitrogens is 1. The van der Waals surface area contributed by atoms with Gasteiger partial charge in [0.2, 0.25) is 5.91 Å². The lowest BCUT2D eigenvalue weighted by Crippen LogP contribution is -2.30. The molecule has 1 aromatic heterocycles. The van der Waals surface area contributed by atoms with Gasteiger partial charge >= 0.3 is 0 Å². The Kier molecular flexibility index (Phi) is 5.38. The molecule has 18 heavy (non-hydrogen) atoms. The highest BCUT2D eigenvalue weighted by Gasteiger charge is 2.19. The van der Waals surface area contributed by atoms with Crippen molar-refractivity contribution in [2.75, 3.05) is 17.3 Å². The number of carbonyl (C=O) groups is 1. The molecule has 1 aliphatic rings. The van der Waals surface area contributed by atoms with Crippen molar-refractivity contribution in [3.8, 4) is 0 Å². The van der Waals surface area contributed by atoms with E-state index in [-0.39, 0.29) is 11.9 Å². The third kappa shape index (κ3) is 4.21. The van der Waals surface area contributed by atoms with Crippen LogP contribution in [0.5, 0.6) is 0 Å². The van der Waals surface area contributed by atoms with Gasteiger partial charge in [-0.15, -0.1) is 0 Å². The molecule has 1 N–H and O–H groups in total. The Morgan fingerprint density at radius 2 is 2.28 bits per heavy atom. The predicted octanol–water partition coefficient (Wildman–Crippen LogP) is 2.50. The zero-order valence-electron chi connectivity index (χ0n) is 10.5. The Hall–Kier alpha value is -0.680. The van der Waals surface area contributed by atoms with Gasteiger partial charge in [0.15, 0.2) is 0 Å². The van der Waals surface area contributed by atoms with Crippen LogP contribution in [0.4, 0.5) is 0 Å². The van der Waals surface area contributed by atoms with Gasteiger partial charge in [-0.2, -0.15) is 23.5 Å². The van der Waals surface area contributed by atoms with Crippen molar-refractivity contribution >= 4 is 29.4 Å². The van der Waals surface area contributed by atoms with E-state index < -0.39 is 0 Å². The lowest BCUT2D eigenvalue weighted by molar-refractivity contribution is -0.121. The van der Waals surface area contributed by atoms with Crippen LogP contribution >= 0.6 is 23.5 Å². The van der Waals surface area contributed by atoms with Gasteiger partial charge in [0.1, 0.15) is 0 Å². The quantitative estimate of drug-likeness (QED) is 0.921. The number of rotatable bonds is 4. The number of nitrogens with zero attached hydrogens (tertiary/aromatic N) is 1. The molecule has 1 fully saturated rings. The Morgan fingerprint density at radius 3 is 2.94 bits per heavy atom. The highest BCUT2D eigenvalue weighted by atomic mass is 32.2. The van der Waals surface area contributed by atoms with Crippen LogP contribution < -0.4 is 5.32 Å². The van der Waals surface area contributed by atoms with Crippen molar-refractivity contribution in [3.63, 3.8) is 0 Å². The molecule has 2 atom stereocenters. The third-order valence-electron chi connectivity index (χ3n) is 2.88. The molecule has 1 aliphatic heterocycles. The van der Waals surface area contributed by atoms with E-state index >= 15 is 0 Å². The maximum atomic E-state index is 11.9. The molecule has 0 bridgehead atoms. The molecule has 2 heterocycles. The van der Waals surface area contributed by atoms with Gasteiger partial charge in [-0.25, -0.2) is 0 Å². The van der Waals surface area contributed by atoms with E-state index in [9.17, 15) is 4.79 Å². The number of pyridine rings is 1. The molecule has 98 valence electrons. The summed E-state index contributed by atoms with van der Waals surface area (Å²) in [5, 5.41) is 3.53. The standard InChI is InChI=1S/C13H18N2OS2/c1-10(11-2-4-14-5-3-11)15-13(16)8-12-9-17-6-7-18-12/h2-5,10,12H,6-9H2,1H3,(H,15,16)/t10-,12+/m1/s1. The number of carbonyl (C=O) groups excluding carboxylic acids is 1. The van der Waals surface area contributed by atoms with Crippen LogP contribution in [-0.2, 0) is 4.79 Å². The average Bonchev–Trinajstić information content (AvgIpc) is 2.40. The number of thioether (sulfide) groups is 2. The molecule has 0 spiro atoms. The summed E-state index contributed by atoms with van der Waals surface area (Å²) in [5.41, 5.74) is 1.10. The van der Waals surface area contributed by atoms with Crippen molar-refractivity contribution < 1.29 is 4.79 Å². The van der Waals surface area contributed by atoms with E-state index in [0.29, 0.717) is 11.7 Å². The number of nitrogens with one attached hydrogen (secondary N) is 1. The molecular weight excluding hydrogens is 264 g/mol. The fourth-order valence-corrected chi connectivity index (χ4v) is 4.58.